The van der Waals surface area contributed by atoms with Crippen LogP contribution in [0.2, 0.25) is 0 Å². The lowest BCUT2D eigenvalue weighted by Gasteiger charge is -2.13. The zero-order chi connectivity index (χ0) is 20.2. The number of ketones is 1. The number of hydrogen-bond donors (Lipinski definition) is 5. The number of hydrogen-bond acceptors (Lipinski definition) is 7. The first-order valence-electron chi connectivity index (χ1n) is 8.59. The number of amides is 3. The Hall–Kier alpha value is -3.01. The Balaban J connectivity index is 2.30. The minimum Gasteiger partial charge on any atom is -0.369 e. The molecule has 10 heteroatoms. The molecule has 0 aromatic carbocycles. The molecule has 1 aromatic heterocycles. The fraction of sp³-hybridized carbons (Fsp3) is 0.471. The van der Waals surface area contributed by atoms with Crippen LogP contribution in [-0.4, -0.2) is 41.6 Å². The van der Waals surface area contributed by atoms with Gasteiger partial charge in [-0.25, -0.2) is 10.8 Å². The van der Waals surface area contributed by atoms with Crippen LogP contribution in [0.1, 0.15) is 43.0 Å². The Morgan fingerprint density at radius 1 is 1.15 bits per heavy atom. The lowest BCUT2D eigenvalue weighted by molar-refractivity contribution is -0.128. The second kappa shape index (κ2) is 11.6. The molecule has 1 atom stereocenters. The van der Waals surface area contributed by atoms with E-state index in [9.17, 15) is 19.2 Å². The van der Waals surface area contributed by atoms with E-state index >= 15 is 0 Å². The quantitative estimate of drug-likeness (QED) is 0.185. The summed E-state index contributed by atoms with van der Waals surface area (Å²) in [6.45, 7) is 1.62. The molecule has 7 N–H and O–H groups in total. The van der Waals surface area contributed by atoms with E-state index in [0.29, 0.717) is 37.2 Å². The van der Waals surface area contributed by atoms with Gasteiger partial charge >= 0.3 is 0 Å². The van der Waals surface area contributed by atoms with Crippen LogP contribution < -0.4 is 27.6 Å². The van der Waals surface area contributed by atoms with Gasteiger partial charge in [-0.15, -0.1) is 0 Å². The van der Waals surface area contributed by atoms with Crippen LogP contribution in [0.15, 0.2) is 18.3 Å². The first-order chi connectivity index (χ1) is 12.8. The number of carbonyl (C=O) groups is 4. The summed E-state index contributed by atoms with van der Waals surface area (Å²) in [6.07, 6.45) is 3.10. The maximum Gasteiger partial charge on any atom is 0.252 e. The minimum atomic E-state index is -0.581. The van der Waals surface area contributed by atoms with Gasteiger partial charge < -0.3 is 21.8 Å². The topological polar surface area (TPSA) is 169 Å². The highest BCUT2D eigenvalue weighted by Gasteiger charge is 2.19. The van der Waals surface area contributed by atoms with Crippen molar-refractivity contribution >= 4 is 29.3 Å². The molecule has 0 aliphatic rings. The van der Waals surface area contributed by atoms with Crippen LogP contribution in [0.4, 0.5) is 5.82 Å². The number of aromatic nitrogens is 1. The Labute approximate surface area is 157 Å². The molecule has 0 fully saturated rings. The lowest BCUT2D eigenvalue weighted by Crippen LogP contribution is -2.32. The predicted molar refractivity (Wildman–Crippen MR) is 99.2 cm³/mol. The summed E-state index contributed by atoms with van der Waals surface area (Å²) in [5.41, 5.74) is 8.12. The summed E-state index contributed by atoms with van der Waals surface area (Å²) in [4.78, 5) is 49.9. The van der Waals surface area contributed by atoms with Gasteiger partial charge in [0.2, 0.25) is 11.8 Å². The average Bonchev–Trinajstić information content (AvgIpc) is 2.64. The molecule has 148 valence electrons. The SMILES string of the molecule is CC(=O)NCC(=O)C[C@@H](CCCCNC(=O)c1ccc(NN)nc1)C(N)=O. The number of pyridine rings is 1. The van der Waals surface area contributed by atoms with E-state index < -0.39 is 11.8 Å². The number of hydrazine groups is 1. The monoisotopic (exact) mass is 378 g/mol. The van der Waals surface area contributed by atoms with Gasteiger partial charge in [0.05, 0.1) is 12.1 Å². The third-order valence-corrected chi connectivity index (χ3v) is 3.85. The van der Waals surface area contributed by atoms with Crippen LogP contribution in [0.25, 0.3) is 0 Å². The van der Waals surface area contributed by atoms with E-state index in [-0.39, 0.29) is 30.6 Å². The number of unbranched alkanes of at least 4 members (excludes halogenated alkanes) is 1. The zero-order valence-corrected chi connectivity index (χ0v) is 15.3. The summed E-state index contributed by atoms with van der Waals surface area (Å²) in [5.74, 6) is 3.73. The summed E-state index contributed by atoms with van der Waals surface area (Å²) in [6, 6.07) is 3.19. The van der Waals surface area contributed by atoms with Crippen LogP contribution in [0.3, 0.4) is 0 Å². The molecular weight excluding hydrogens is 352 g/mol. The molecule has 0 radical (unpaired) electrons. The number of nitrogens with zero attached hydrogens (tertiary/aromatic N) is 1. The van der Waals surface area contributed by atoms with E-state index in [1.165, 1.54) is 13.1 Å². The van der Waals surface area contributed by atoms with Gasteiger partial charge in [0, 0.05) is 32.0 Å². The lowest BCUT2D eigenvalue weighted by atomic mass is 9.95. The fourth-order valence-corrected chi connectivity index (χ4v) is 2.35. The molecule has 0 unspecified atom stereocenters. The van der Waals surface area contributed by atoms with Crippen molar-refractivity contribution in [2.45, 2.75) is 32.6 Å². The van der Waals surface area contributed by atoms with Gasteiger partial charge in [-0.3, -0.25) is 19.2 Å². The molecule has 0 aliphatic carbocycles. The summed E-state index contributed by atoms with van der Waals surface area (Å²) in [7, 11) is 0. The van der Waals surface area contributed by atoms with E-state index in [2.05, 4.69) is 21.0 Å². The number of nitrogens with one attached hydrogen (secondary N) is 3. The van der Waals surface area contributed by atoms with Crippen LogP contribution in [0, 0.1) is 5.92 Å². The Kier molecular flexibility index (Phi) is 9.45. The van der Waals surface area contributed by atoms with Crippen molar-refractivity contribution in [2.75, 3.05) is 18.5 Å². The molecule has 0 saturated heterocycles. The Morgan fingerprint density at radius 2 is 1.89 bits per heavy atom. The highest BCUT2D eigenvalue weighted by molar-refractivity contribution is 5.94. The molecular formula is C17H26N6O4. The largest absolute Gasteiger partial charge is 0.369 e. The standard InChI is InChI=1S/C17H26N6O4/c1-11(24)21-10-14(25)8-12(16(18)26)4-2-3-7-20-17(27)13-5-6-15(23-19)22-9-13/h5-6,9,12H,2-4,7-8,10,19H2,1H3,(H2,18,26)(H,20,27)(H,21,24)(H,22,23)/t12-/m1/s1. The maximum atomic E-state index is 12.0. The van der Waals surface area contributed by atoms with Crippen molar-refractivity contribution in [1.29, 1.82) is 0 Å². The maximum absolute atomic E-state index is 12.0. The van der Waals surface area contributed by atoms with Gasteiger partial charge in [-0.05, 0) is 25.0 Å². The molecule has 0 spiro atoms. The van der Waals surface area contributed by atoms with E-state index in [1.807, 2.05) is 0 Å². The minimum absolute atomic E-state index is 0.00479. The van der Waals surface area contributed by atoms with Gasteiger partial charge in [-0.1, -0.05) is 6.42 Å². The molecule has 0 aliphatic heterocycles. The molecule has 27 heavy (non-hydrogen) atoms. The fourth-order valence-electron chi connectivity index (χ4n) is 2.35. The van der Waals surface area contributed by atoms with E-state index in [4.69, 9.17) is 11.6 Å². The molecule has 3 amide bonds. The van der Waals surface area contributed by atoms with E-state index in [1.54, 1.807) is 12.1 Å². The molecule has 1 heterocycles. The van der Waals surface area contributed by atoms with E-state index in [0.717, 1.165) is 0 Å². The molecule has 0 saturated carbocycles. The average molecular weight is 378 g/mol. The molecule has 10 nitrogen and oxygen atoms in total. The summed E-state index contributed by atoms with van der Waals surface area (Å²) >= 11 is 0. The first kappa shape index (κ1) is 22.0. The van der Waals surface area contributed by atoms with Crippen molar-refractivity contribution in [3.05, 3.63) is 23.9 Å². The van der Waals surface area contributed by atoms with Crippen molar-refractivity contribution in [3.8, 4) is 0 Å². The summed E-state index contributed by atoms with van der Waals surface area (Å²) < 4.78 is 0. The van der Waals surface area contributed by atoms with Gasteiger partial charge in [0.25, 0.3) is 5.91 Å². The molecule has 1 rings (SSSR count). The number of rotatable bonds is 12. The number of nitrogens with two attached hydrogens (primary N) is 2. The smallest absolute Gasteiger partial charge is 0.252 e. The summed E-state index contributed by atoms with van der Waals surface area (Å²) in [5, 5.41) is 5.15. The van der Waals surface area contributed by atoms with Gasteiger partial charge in [-0.2, -0.15) is 0 Å². The van der Waals surface area contributed by atoms with Gasteiger partial charge in [0.15, 0.2) is 5.78 Å². The molecule has 1 aromatic rings. The normalized spacial score (nSPS) is 11.3. The van der Waals surface area contributed by atoms with Crippen LogP contribution >= 0.6 is 0 Å². The first-order valence-corrected chi connectivity index (χ1v) is 8.59. The van der Waals surface area contributed by atoms with Crippen molar-refractivity contribution < 1.29 is 19.2 Å². The van der Waals surface area contributed by atoms with Crippen LogP contribution in [-0.2, 0) is 14.4 Å². The van der Waals surface area contributed by atoms with Crippen LogP contribution in [0.5, 0.6) is 0 Å². The van der Waals surface area contributed by atoms with Gasteiger partial charge in [0.1, 0.15) is 5.82 Å². The number of carbonyl (C=O) groups excluding carboxylic acids is 4. The molecule has 0 bridgehead atoms. The Morgan fingerprint density at radius 3 is 2.44 bits per heavy atom. The predicted octanol–water partition coefficient (Wildman–Crippen LogP) is -0.536. The highest BCUT2D eigenvalue weighted by atomic mass is 16.2. The van der Waals surface area contributed by atoms with Crippen molar-refractivity contribution in [3.63, 3.8) is 0 Å². The number of primary amides is 1. The second-order valence-corrected chi connectivity index (χ2v) is 6.08. The number of nitrogen functional groups attached to an aromatic ring is 1. The third kappa shape index (κ3) is 8.77. The number of anilines is 1. The highest BCUT2D eigenvalue weighted by Crippen LogP contribution is 2.13. The third-order valence-electron chi connectivity index (χ3n) is 3.85. The van der Waals surface area contributed by atoms with Crippen molar-refractivity contribution in [2.24, 2.45) is 17.5 Å². The van der Waals surface area contributed by atoms with Crippen molar-refractivity contribution in [1.82, 2.24) is 15.6 Å². The second-order valence-electron chi connectivity index (χ2n) is 6.08. The Bertz CT molecular complexity index is 662. The number of Topliss-reactive ketones (excluding diaryl/α,β-unsaturated/α-hetero) is 1. The zero-order valence-electron chi connectivity index (χ0n) is 15.3.